The summed E-state index contributed by atoms with van der Waals surface area (Å²) in [6.07, 6.45) is 3.03. The number of nitrogens with one attached hydrogen (secondary N) is 1. The molecule has 1 aliphatic rings. The van der Waals surface area contributed by atoms with E-state index in [2.05, 4.69) is 24.0 Å². The molecule has 74 valence electrons. The quantitative estimate of drug-likeness (QED) is 0.786. The van der Waals surface area contributed by atoms with Gasteiger partial charge in [-0.25, -0.2) is 0 Å². The molecule has 2 heteroatoms. The van der Waals surface area contributed by atoms with Gasteiger partial charge in [-0.05, 0) is 42.1 Å². The topological polar surface area (TPSA) is 12.0 Å². The maximum Gasteiger partial charge on any atom is 0.0478 e. The van der Waals surface area contributed by atoms with Crippen molar-refractivity contribution >= 4 is 17.7 Å². The number of hydrogen-bond donors (Lipinski definition) is 1. The smallest absolute Gasteiger partial charge is 0.0478 e. The Morgan fingerprint density at radius 3 is 3.00 bits per heavy atom. The zero-order chi connectivity index (χ0) is 9.97. The van der Waals surface area contributed by atoms with E-state index in [9.17, 15) is 0 Å². The first-order valence-corrected chi connectivity index (χ1v) is 5.31. The molecule has 14 heavy (non-hydrogen) atoms. The molecule has 0 amide bonds. The van der Waals surface area contributed by atoms with Crippen molar-refractivity contribution in [3.05, 3.63) is 40.9 Å². The van der Waals surface area contributed by atoms with Crippen LogP contribution in [0, 0.1) is 0 Å². The highest BCUT2D eigenvalue weighted by atomic mass is 35.5. The number of benzene rings is 1. The summed E-state index contributed by atoms with van der Waals surface area (Å²) in [5.41, 5.74) is 2.41. The summed E-state index contributed by atoms with van der Waals surface area (Å²) in [6, 6.07) is 6.23. The maximum atomic E-state index is 6.02. The highest BCUT2D eigenvalue weighted by molar-refractivity contribution is 6.32. The van der Waals surface area contributed by atoms with Gasteiger partial charge in [0.15, 0.2) is 0 Å². The lowest BCUT2D eigenvalue weighted by atomic mass is 9.97. The fraction of sp³-hybridized carbons (Fsp3) is 0.333. The summed E-state index contributed by atoms with van der Waals surface area (Å²) in [5, 5.41) is 4.15. The Hall–Kier alpha value is -0.790. The van der Waals surface area contributed by atoms with Crippen molar-refractivity contribution in [3.8, 4) is 0 Å². The summed E-state index contributed by atoms with van der Waals surface area (Å²) < 4.78 is 0. The van der Waals surface area contributed by atoms with Gasteiger partial charge in [0.05, 0.1) is 0 Å². The van der Waals surface area contributed by atoms with Gasteiger partial charge in [0.25, 0.3) is 0 Å². The normalized spacial score (nSPS) is 21.1. The van der Waals surface area contributed by atoms with E-state index in [1.807, 2.05) is 12.1 Å². The van der Waals surface area contributed by atoms with Crippen LogP contribution in [0.3, 0.4) is 0 Å². The van der Waals surface area contributed by atoms with E-state index in [1.165, 1.54) is 12.0 Å². The van der Waals surface area contributed by atoms with Gasteiger partial charge in [-0.15, -0.1) is 0 Å². The third-order valence-corrected chi connectivity index (χ3v) is 3.12. The molecule has 0 aliphatic carbocycles. The minimum Gasteiger partial charge on any atom is -0.316 e. The van der Waals surface area contributed by atoms with E-state index in [1.54, 1.807) is 0 Å². The van der Waals surface area contributed by atoms with Gasteiger partial charge in [0.2, 0.25) is 0 Å². The van der Waals surface area contributed by atoms with Gasteiger partial charge in [-0.2, -0.15) is 0 Å². The van der Waals surface area contributed by atoms with Crippen molar-refractivity contribution in [3.63, 3.8) is 0 Å². The minimum atomic E-state index is 0.644. The molecule has 1 nitrogen and oxygen atoms in total. The lowest BCUT2D eigenvalue weighted by Crippen LogP contribution is -2.07. The van der Waals surface area contributed by atoms with Gasteiger partial charge in [0, 0.05) is 11.6 Å². The molecule has 1 N–H and O–H groups in total. The third-order valence-electron chi connectivity index (χ3n) is 2.77. The number of rotatable bonds is 2. The van der Waals surface area contributed by atoms with Crippen molar-refractivity contribution in [2.24, 2.45) is 0 Å². The Balaban J connectivity index is 2.30. The molecule has 0 saturated carbocycles. The minimum absolute atomic E-state index is 0.644. The standard InChI is InChI=1S/C12H14ClN/c1-2-9-7-10(3-4-12(9)13)11-5-6-14-8-11/h2-4,7,11,14H,1,5-6,8H2. The summed E-state index contributed by atoms with van der Waals surface area (Å²) >= 11 is 6.02. The Kier molecular flexibility index (Phi) is 2.90. The molecule has 1 unspecified atom stereocenters. The van der Waals surface area contributed by atoms with Crippen LogP contribution in [-0.4, -0.2) is 13.1 Å². The highest BCUT2D eigenvalue weighted by Gasteiger charge is 2.16. The van der Waals surface area contributed by atoms with Crippen LogP contribution in [0.4, 0.5) is 0 Å². The lowest BCUT2D eigenvalue weighted by Gasteiger charge is -2.10. The summed E-state index contributed by atoms with van der Waals surface area (Å²) in [4.78, 5) is 0. The van der Waals surface area contributed by atoms with Gasteiger partial charge in [0.1, 0.15) is 0 Å². The van der Waals surface area contributed by atoms with Crippen LogP contribution in [0.15, 0.2) is 24.8 Å². The van der Waals surface area contributed by atoms with E-state index in [0.29, 0.717) is 5.92 Å². The molecular formula is C12H14ClN. The van der Waals surface area contributed by atoms with Gasteiger partial charge < -0.3 is 5.32 Å². The molecule has 0 radical (unpaired) electrons. The molecule has 1 atom stereocenters. The van der Waals surface area contributed by atoms with Crippen LogP contribution < -0.4 is 5.32 Å². The Morgan fingerprint density at radius 1 is 1.50 bits per heavy atom. The van der Waals surface area contributed by atoms with Crippen LogP contribution in [0.1, 0.15) is 23.5 Å². The van der Waals surface area contributed by atoms with Crippen molar-refractivity contribution in [1.82, 2.24) is 5.32 Å². The Morgan fingerprint density at radius 2 is 2.36 bits per heavy atom. The van der Waals surface area contributed by atoms with Crippen LogP contribution >= 0.6 is 11.6 Å². The highest BCUT2D eigenvalue weighted by Crippen LogP contribution is 2.26. The van der Waals surface area contributed by atoms with Crippen molar-refractivity contribution in [1.29, 1.82) is 0 Å². The van der Waals surface area contributed by atoms with Crippen LogP contribution in [0.5, 0.6) is 0 Å². The molecule has 0 aromatic heterocycles. The predicted octanol–water partition coefficient (Wildman–Crippen LogP) is 3.06. The molecule has 1 aromatic rings. The molecule has 1 fully saturated rings. The second kappa shape index (κ2) is 4.16. The SMILES string of the molecule is C=Cc1cc(C2CCNC2)ccc1Cl. The fourth-order valence-corrected chi connectivity index (χ4v) is 2.11. The third kappa shape index (κ3) is 1.84. The molecule has 1 aromatic carbocycles. The molecule has 2 rings (SSSR count). The van der Waals surface area contributed by atoms with Gasteiger partial charge >= 0.3 is 0 Å². The van der Waals surface area contributed by atoms with Crippen LogP contribution in [0.25, 0.3) is 6.08 Å². The van der Waals surface area contributed by atoms with Crippen molar-refractivity contribution in [2.75, 3.05) is 13.1 Å². The van der Waals surface area contributed by atoms with Crippen LogP contribution in [-0.2, 0) is 0 Å². The lowest BCUT2D eigenvalue weighted by molar-refractivity contribution is 0.763. The van der Waals surface area contributed by atoms with E-state index in [-0.39, 0.29) is 0 Å². The summed E-state index contributed by atoms with van der Waals surface area (Å²) in [7, 11) is 0. The number of hydrogen-bond acceptors (Lipinski definition) is 1. The average Bonchev–Trinajstić information content (AvgIpc) is 2.71. The van der Waals surface area contributed by atoms with Crippen molar-refractivity contribution < 1.29 is 0 Å². The monoisotopic (exact) mass is 207 g/mol. The summed E-state index contributed by atoms with van der Waals surface area (Å²) in [5.74, 6) is 0.644. The molecule has 1 heterocycles. The fourth-order valence-electron chi connectivity index (χ4n) is 1.91. The van der Waals surface area contributed by atoms with Crippen molar-refractivity contribution in [2.45, 2.75) is 12.3 Å². The zero-order valence-electron chi connectivity index (χ0n) is 8.09. The molecule has 0 bridgehead atoms. The van der Waals surface area contributed by atoms with Gasteiger partial charge in [-0.3, -0.25) is 0 Å². The molecule has 0 spiro atoms. The van der Waals surface area contributed by atoms with E-state index in [0.717, 1.165) is 23.7 Å². The first-order valence-electron chi connectivity index (χ1n) is 4.94. The van der Waals surface area contributed by atoms with E-state index >= 15 is 0 Å². The predicted molar refractivity (Wildman–Crippen MR) is 61.8 cm³/mol. The van der Waals surface area contributed by atoms with Crippen LogP contribution in [0.2, 0.25) is 5.02 Å². The van der Waals surface area contributed by atoms with Gasteiger partial charge in [-0.1, -0.05) is 30.3 Å². The first-order chi connectivity index (χ1) is 6.81. The van der Waals surface area contributed by atoms with E-state index < -0.39 is 0 Å². The number of halogens is 1. The van der Waals surface area contributed by atoms with E-state index in [4.69, 9.17) is 11.6 Å². The largest absolute Gasteiger partial charge is 0.316 e. The Labute approximate surface area is 89.8 Å². The maximum absolute atomic E-state index is 6.02. The summed E-state index contributed by atoms with van der Waals surface area (Å²) in [6.45, 7) is 5.96. The zero-order valence-corrected chi connectivity index (χ0v) is 8.85. The Bertz CT molecular complexity index is 340. The molecule has 1 aliphatic heterocycles. The second-order valence-electron chi connectivity index (χ2n) is 3.67. The first kappa shape index (κ1) is 9.75. The molecular weight excluding hydrogens is 194 g/mol. The average molecular weight is 208 g/mol. The molecule has 1 saturated heterocycles. The second-order valence-corrected chi connectivity index (χ2v) is 4.08.